The summed E-state index contributed by atoms with van der Waals surface area (Å²) in [6.07, 6.45) is 2.89. The summed E-state index contributed by atoms with van der Waals surface area (Å²) in [5, 5.41) is 20.2. The lowest BCUT2D eigenvalue weighted by Gasteiger charge is -2.21. The van der Waals surface area contributed by atoms with Crippen molar-refractivity contribution in [2.24, 2.45) is 0 Å². The van der Waals surface area contributed by atoms with E-state index in [0.29, 0.717) is 34.7 Å². The molecule has 1 heterocycles. The lowest BCUT2D eigenvalue weighted by Crippen LogP contribution is -2.14. The second kappa shape index (κ2) is 7.49. The first-order valence-corrected chi connectivity index (χ1v) is 8.11. The van der Waals surface area contributed by atoms with E-state index in [1.807, 2.05) is 6.07 Å². The molecule has 0 aromatic heterocycles. The molecule has 3 rings (SSSR count). The minimum atomic E-state index is -0.521. The molecule has 0 saturated carbocycles. The number of aromatic hydroxyl groups is 1. The topological polar surface area (TPSA) is 85.2 Å². The third-order valence-electron chi connectivity index (χ3n) is 4.47. The molecule has 2 unspecified atom stereocenters. The maximum absolute atomic E-state index is 10.5. The van der Waals surface area contributed by atoms with E-state index in [9.17, 15) is 15.0 Å². The Bertz CT molecular complexity index is 842. The van der Waals surface area contributed by atoms with Crippen LogP contribution in [0.5, 0.6) is 23.0 Å². The highest BCUT2D eigenvalue weighted by Gasteiger charge is 2.37. The van der Waals surface area contributed by atoms with Gasteiger partial charge in [-0.15, -0.1) is 0 Å². The van der Waals surface area contributed by atoms with Crippen LogP contribution >= 0.6 is 0 Å². The number of hydrogen-bond donors (Lipinski definition) is 2. The Hall–Kier alpha value is -2.99. The quantitative estimate of drug-likeness (QED) is 0.612. The van der Waals surface area contributed by atoms with Gasteiger partial charge in [-0.3, -0.25) is 4.79 Å². The van der Waals surface area contributed by atoms with Crippen molar-refractivity contribution < 1.29 is 29.2 Å². The number of aldehydes is 1. The molecule has 2 atom stereocenters. The van der Waals surface area contributed by atoms with Gasteiger partial charge in [0.15, 0.2) is 0 Å². The molecule has 1 aliphatic rings. The van der Waals surface area contributed by atoms with E-state index in [1.54, 1.807) is 31.4 Å². The van der Waals surface area contributed by atoms with Crippen LogP contribution in [0.4, 0.5) is 0 Å². The van der Waals surface area contributed by atoms with Gasteiger partial charge in [-0.1, -0.05) is 0 Å². The Morgan fingerprint density at radius 1 is 1.15 bits per heavy atom. The van der Waals surface area contributed by atoms with Crippen LogP contribution in [0.1, 0.15) is 28.7 Å². The highest BCUT2D eigenvalue weighted by atomic mass is 16.5. The van der Waals surface area contributed by atoms with E-state index in [-0.39, 0.29) is 18.3 Å². The highest BCUT2D eigenvalue weighted by Crippen LogP contribution is 2.49. The molecular weight excluding hydrogens is 336 g/mol. The molecule has 6 heteroatoms. The van der Waals surface area contributed by atoms with Crippen LogP contribution < -0.4 is 14.2 Å². The molecule has 0 aliphatic carbocycles. The molecule has 1 aliphatic heterocycles. The molecular formula is C20H20O6. The summed E-state index contributed by atoms with van der Waals surface area (Å²) in [5.41, 5.74) is 1.90. The number of fused-ring (bicyclic) bond motifs is 1. The molecule has 0 fully saturated rings. The second-order valence-corrected chi connectivity index (χ2v) is 5.88. The molecule has 2 aromatic rings. The minimum absolute atomic E-state index is 0.00673. The van der Waals surface area contributed by atoms with Gasteiger partial charge in [-0.2, -0.15) is 0 Å². The first-order valence-electron chi connectivity index (χ1n) is 8.11. The van der Waals surface area contributed by atoms with Crippen molar-refractivity contribution in [3.8, 4) is 23.0 Å². The largest absolute Gasteiger partial charge is 0.507 e. The number of carbonyl (C=O) groups is 1. The van der Waals surface area contributed by atoms with Gasteiger partial charge >= 0.3 is 0 Å². The Balaban J connectivity index is 2.04. The molecule has 136 valence electrons. The lowest BCUT2D eigenvalue weighted by atomic mass is 9.90. The number of aliphatic hydroxyl groups is 1. The zero-order valence-electron chi connectivity index (χ0n) is 14.5. The third-order valence-corrected chi connectivity index (χ3v) is 4.47. The van der Waals surface area contributed by atoms with E-state index >= 15 is 0 Å². The van der Waals surface area contributed by atoms with E-state index in [4.69, 9.17) is 14.2 Å². The van der Waals surface area contributed by atoms with Gasteiger partial charge in [0.1, 0.15) is 35.4 Å². The molecule has 0 amide bonds. The van der Waals surface area contributed by atoms with Gasteiger partial charge in [0.05, 0.1) is 26.7 Å². The number of methoxy groups -OCH3 is 2. The Kier molecular flexibility index (Phi) is 5.14. The van der Waals surface area contributed by atoms with Crippen LogP contribution in [0.2, 0.25) is 0 Å². The van der Waals surface area contributed by atoms with Gasteiger partial charge in [-0.25, -0.2) is 0 Å². The number of hydrogen-bond acceptors (Lipinski definition) is 6. The molecule has 26 heavy (non-hydrogen) atoms. The Morgan fingerprint density at radius 2 is 1.96 bits per heavy atom. The molecule has 2 aromatic carbocycles. The number of rotatable bonds is 6. The molecule has 0 saturated heterocycles. The number of phenols is 1. The SMILES string of the molecule is COc1ccc2c(c1)C(CO)C(c1cc(O)c(C=CC=O)cc1OC)O2. The van der Waals surface area contributed by atoms with Gasteiger partial charge in [0, 0.05) is 16.7 Å². The van der Waals surface area contributed by atoms with Gasteiger partial charge < -0.3 is 24.4 Å². The summed E-state index contributed by atoms with van der Waals surface area (Å²) in [5.74, 6) is 1.49. The monoisotopic (exact) mass is 356 g/mol. The fraction of sp³-hybridized carbons (Fsp3) is 0.250. The first-order chi connectivity index (χ1) is 12.6. The van der Waals surface area contributed by atoms with Crippen molar-refractivity contribution in [1.82, 2.24) is 0 Å². The summed E-state index contributed by atoms with van der Waals surface area (Å²) in [4.78, 5) is 10.5. The predicted octanol–water partition coefficient (Wildman–Crippen LogP) is 2.83. The van der Waals surface area contributed by atoms with Crippen molar-refractivity contribution in [1.29, 1.82) is 0 Å². The maximum Gasteiger partial charge on any atom is 0.142 e. The average Bonchev–Trinajstić information content (AvgIpc) is 3.04. The summed E-state index contributed by atoms with van der Waals surface area (Å²) in [6.45, 7) is -0.137. The smallest absolute Gasteiger partial charge is 0.142 e. The Morgan fingerprint density at radius 3 is 2.62 bits per heavy atom. The fourth-order valence-electron chi connectivity index (χ4n) is 3.18. The highest BCUT2D eigenvalue weighted by molar-refractivity contribution is 5.76. The number of benzene rings is 2. The fourth-order valence-corrected chi connectivity index (χ4v) is 3.18. The van der Waals surface area contributed by atoms with Crippen LogP contribution in [0.25, 0.3) is 6.08 Å². The number of ether oxygens (including phenoxy) is 3. The number of phenolic OH excluding ortho intramolecular Hbond substituents is 1. The summed E-state index contributed by atoms with van der Waals surface area (Å²) in [7, 11) is 3.10. The molecule has 6 nitrogen and oxygen atoms in total. The average molecular weight is 356 g/mol. The third kappa shape index (κ3) is 3.11. The van der Waals surface area contributed by atoms with Crippen LogP contribution in [0.15, 0.2) is 36.4 Å². The van der Waals surface area contributed by atoms with Crippen molar-refractivity contribution in [3.63, 3.8) is 0 Å². The van der Waals surface area contributed by atoms with Crippen molar-refractivity contribution in [2.45, 2.75) is 12.0 Å². The summed E-state index contributed by atoms with van der Waals surface area (Å²) >= 11 is 0. The summed E-state index contributed by atoms with van der Waals surface area (Å²) < 4.78 is 16.7. The van der Waals surface area contributed by atoms with E-state index in [1.165, 1.54) is 19.3 Å². The zero-order valence-corrected chi connectivity index (χ0v) is 14.5. The second-order valence-electron chi connectivity index (χ2n) is 5.88. The van der Waals surface area contributed by atoms with Crippen LogP contribution in [0.3, 0.4) is 0 Å². The van der Waals surface area contributed by atoms with E-state index in [0.717, 1.165) is 5.56 Å². The number of allylic oxidation sites excluding steroid dienone is 1. The number of carbonyl (C=O) groups excluding carboxylic acids is 1. The van der Waals surface area contributed by atoms with Gasteiger partial charge in [0.25, 0.3) is 0 Å². The molecule has 0 spiro atoms. The van der Waals surface area contributed by atoms with Crippen LogP contribution in [-0.2, 0) is 4.79 Å². The molecule has 2 N–H and O–H groups in total. The normalized spacial score (nSPS) is 18.4. The Labute approximate surface area is 151 Å². The van der Waals surface area contributed by atoms with Crippen LogP contribution in [0, 0.1) is 0 Å². The standard InChI is InChI=1S/C20H20O6/c1-24-13-5-6-18-14(9-13)16(11-22)20(26-18)15-10-17(23)12(4-3-7-21)8-19(15)25-2/h3-10,16,20,22-23H,11H2,1-2H3. The van der Waals surface area contributed by atoms with E-state index < -0.39 is 6.10 Å². The van der Waals surface area contributed by atoms with Crippen LogP contribution in [-0.4, -0.2) is 37.3 Å². The van der Waals surface area contributed by atoms with Crippen molar-refractivity contribution >= 4 is 12.4 Å². The molecule has 0 bridgehead atoms. The lowest BCUT2D eigenvalue weighted by molar-refractivity contribution is -0.104. The number of aliphatic hydroxyl groups excluding tert-OH is 1. The van der Waals surface area contributed by atoms with Crippen molar-refractivity contribution in [3.05, 3.63) is 53.1 Å². The van der Waals surface area contributed by atoms with E-state index in [2.05, 4.69) is 0 Å². The predicted molar refractivity (Wildman–Crippen MR) is 95.9 cm³/mol. The van der Waals surface area contributed by atoms with Gasteiger partial charge in [0.2, 0.25) is 0 Å². The van der Waals surface area contributed by atoms with Gasteiger partial charge in [-0.05, 0) is 42.5 Å². The molecule has 0 radical (unpaired) electrons. The van der Waals surface area contributed by atoms with Crippen molar-refractivity contribution in [2.75, 3.05) is 20.8 Å². The summed E-state index contributed by atoms with van der Waals surface area (Å²) in [6, 6.07) is 8.59. The first kappa shape index (κ1) is 17.8. The maximum atomic E-state index is 10.5. The minimum Gasteiger partial charge on any atom is -0.507 e. The zero-order chi connectivity index (χ0) is 18.7.